The zero-order chi connectivity index (χ0) is 14.6. The Balaban J connectivity index is 1.94. The van der Waals surface area contributed by atoms with Gasteiger partial charge in [-0.1, -0.05) is 12.7 Å². The molecule has 0 spiro atoms. The van der Waals surface area contributed by atoms with E-state index in [1.807, 2.05) is 0 Å². The first-order chi connectivity index (χ1) is 9.52. The van der Waals surface area contributed by atoms with Crippen LogP contribution in [0, 0.1) is 0 Å². The third-order valence-electron chi connectivity index (χ3n) is 2.22. The third kappa shape index (κ3) is 3.56. The van der Waals surface area contributed by atoms with Crippen LogP contribution in [0.25, 0.3) is 4.83 Å². The van der Waals surface area contributed by atoms with Gasteiger partial charge in [0.15, 0.2) is 0 Å². The van der Waals surface area contributed by atoms with Crippen molar-refractivity contribution in [2.45, 2.75) is 6.54 Å². The number of hydrogen-bond acceptors (Lipinski definition) is 6. The number of fused-ring (bicyclic) bond motifs is 1. The van der Waals surface area contributed by atoms with Crippen LogP contribution in [0.2, 0.25) is 0 Å². The molecule has 20 heavy (non-hydrogen) atoms. The molecule has 0 bridgehead atoms. The Morgan fingerprint density at radius 3 is 3.15 bits per heavy atom. The van der Waals surface area contributed by atoms with Crippen LogP contribution in [0.1, 0.15) is 5.69 Å². The first kappa shape index (κ1) is 14.5. The largest absolute Gasteiger partial charge is 0.445 e. The number of nitrogens with zero attached hydrogens (tertiary/aromatic N) is 2. The van der Waals surface area contributed by atoms with Gasteiger partial charge in [-0.15, -0.1) is 11.3 Å². The summed E-state index contributed by atoms with van der Waals surface area (Å²) in [6.45, 7) is 3.31. The standard InChI is InChI=1S/C10H12N4O4S2/c1-2-3-18-10(15)13-20(16,17)12-4-8-6-19-9-5-11-7-14(8)9/h2,5-7,12H,1,3-4H2,(H,13,15). The Bertz CT molecular complexity index is 719. The number of imidazole rings is 1. The maximum atomic E-state index is 11.6. The van der Waals surface area contributed by atoms with E-state index in [1.54, 1.807) is 27.0 Å². The van der Waals surface area contributed by atoms with Crippen LogP contribution in [0.15, 0.2) is 30.6 Å². The lowest BCUT2D eigenvalue weighted by Gasteiger charge is -2.07. The fourth-order valence-corrected chi connectivity index (χ4v) is 2.92. The molecule has 2 aromatic heterocycles. The van der Waals surface area contributed by atoms with Crippen LogP contribution in [0.3, 0.4) is 0 Å². The summed E-state index contributed by atoms with van der Waals surface area (Å²) in [5.41, 5.74) is 0.715. The van der Waals surface area contributed by atoms with Crippen molar-refractivity contribution in [3.05, 3.63) is 36.3 Å². The van der Waals surface area contributed by atoms with Gasteiger partial charge in [0.2, 0.25) is 0 Å². The number of hydrogen-bond donors (Lipinski definition) is 2. The molecular weight excluding hydrogens is 304 g/mol. The minimum atomic E-state index is -3.98. The number of carbonyl (C=O) groups excluding carboxylic acids is 1. The Hall–Kier alpha value is -1.91. The van der Waals surface area contributed by atoms with Gasteiger partial charge in [-0.3, -0.25) is 4.40 Å². The molecule has 1 amide bonds. The van der Waals surface area contributed by atoms with Crippen molar-refractivity contribution in [3.63, 3.8) is 0 Å². The summed E-state index contributed by atoms with van der Waals surface area (Å²) in [7, 11) is -3.98. The molecule has 0 radical (unpaired) electrons. The van der Waals surface area contributed by atoms with Crippen molar-refractivity contribution in [2.75, 3.05) is 6.61 Å². The molecule has 0 saturated carbocycles. The quantitative estimate of drug-likeness (QED) is 0.762. The molecule has 0 aliphatic rings. The second-order valence-electron chi connectivity index (χ2n) is 3.64. The molecule has 0 fully saturated rings. The van der Waals surface area contributed by atoms with Gasteiger partial charge >= 0.3 is 16.3 Å². The van der Waals surface area contributed by atoms with E-state index in [0.29, 0.717) is 5.69 Å². The minimum Gasteiger partial charge on any atom is -0.445 e. The van der Waals surface area contributed by atoms with Gasteiger partial charge in [-0.2, -0.15) is 13.1 Å². The highest BCUT2D eigenvalue weighted by Crippen LogP contribution is 2.15. The van der Waals surface area contributed by atoms with Crippen LogP contribution in [0.5, 0.6) is 0 Å². The third-order valence-corrected chi connectivity index (χ3v) is 4.12. The monoisotopic (exact) mass is 316 g/mol. The molecule has 0 unspecified atom stereocenters. The van der Waals surface area contributed by atoms with E-state index < -0.39 is 16.3 Å². The second-order valence-corrected chi connectivity index (χ2v) is 6.03. The van der Waals surface area contributed by atoms with Gasteiger partial charge < -0.3 is 4.74 Å². The summed E-state index contributed by atoms with van der Waals surface area (Å²) in [5, 5.41) is 1.80. The highest BCUT2D eigenvalue weighted by molar-refractivity contribution is 7.88. The average molecular weight is 316 g/mol. The second kappa shape index (κ2) is 6.03. The van der Waals surface area contributed by atoms with E-state index in [0.717, 1.165) is 4.83 Å². The maximum absolute atomic E-state index is 11.6. The van der Waals surface area contributed by atoms with Crippen LogP contribution >= 0.6 is 11.3 Å². The Labute approximate surface area is 119 Å². The minimum absolute atomic E-state index is 0.0282. The number of nitrogens with one attached hydrogen (secondary N) is 2. The van der Waals surface area contributed by atoms with Crippen molar-refractivity contribution in [1.29, 1.82) is 0 Å². The van der Waals surface area contributed by atoms with Gasteiger partial charge in [-0.25, -0.2) is 14.5 Å². The first-order valence-electron chi connectivity index (χ1n) is 5.45. The molecule has 0 aliphatic heterocycles. The predicted octanol–water partition coefficient (Wildman–Crippen LogP) is 0.642. The number of carbonyl (C=O) groups is 1. The van der Waals surface area contributed by atoms with Crippen molar-refractivity contribution in [3.8, 4) is 0 Å². The van der Waals surface area contributed by atoms with Crippen LogP contribution < -0.4 is 9.44 Å². The summed E-state index contributed by atoms with van der Waals surface area (Å²) in [4.78, 5) is 16.0. The normalized spacial score (nSPS) is 11.4. The molecule has 10 heteroatoms. The number of ether oxygens (including phenoxy) is 1. The molecule has 0 atom stereocenters. The Morgan fingerprint density at radius 2 is 2.40 bits per heavy atom. The van der Waals surface area contributed by atoms with E-state index in [2.05, 4.69) is 21.0 Å². The molecular formula is C10H12N4O4S2. The van der Waals surface area contributed by atoms with Gasteiger partial charge in [-0.05, 0) is 0 Å². The number of thiazole rings is 1. The highest BCUT2D eigenvalue weighted by Gasteiger charge is 2.15. The Kier molecular flexibility index (Phi) is 4.37. The predicted molar refractivity (Wildman–Crippen MR) is 73.5 cm³/mol. The zero-order valence-electron chi connectivity index (χ0n) is 10.3. The lowest BCUT2D eigenvalue weighted by Crippen LogP contribution is -2.40. The summed E-state index contributed by atoms with van der Waals surface area (Å²) in [6.07, 6.45) is 3.53. The number of rotatable bonds is 6. The van der Waals surface area contributed by atoms with Crippen molar-refractivity contribution < 1.29 is 17.9 Å². The summed E-state index contributed by atoms with van der Waals surface area (Å²) >= 11 is 1.44. The molecule has 2 aromatic rings. The topological polar surface area (TPSA) is 102 Å². The van der Waals surface area contributed by atoms with Crippen molar-refractivity contribution >= 4 is 32.5 Å². The summed E-state index contributed by atoms with van der Waals surface area (Å²) in [6, 6.07) is 0. The zero-order valence-corrected chi connectivity index (χ0v) is 11.9. The van der Waals surface area contributed by atoms with E-state index in [9.17, 15) is 13.2 Å². The smallest absolute Gasteiger partial charge is 0.422 e. The van der Waals surface area contributed by atoms with Gasteiger partial charge in [0.05, 0.1) is 12.7 Å². The van der Waals surface area contributed by atoms with Gasteiger partial charge in [0.25, 0.3) is 0 Å². The SMILES string of the molecule is C=CCOC(=O)NS(=O)(=O)NCc1csc2cncn12. The van der Waals surface area contributed by atoms with E-state index in [4.69, 9.17) is 0 Å². The Morgan fingerprint density at radius 1 is 1.60 bits per heavy atom. The van der Waals surface area contributed by atoms with Crippen LogP contribution in [-0.4, -0.2) is 30.5 Å². The van der Waals surface area contributed by atoms with E-state index >= 15 is 0 Å². The summed E-state index contributed by atoms with van der Waals surface area (Å²) in [5.74, 6) is 0. The molecule has 0 aromatic carbocycles. The molecule has 2 heterocycles. The fraction of sp³-hybridized carbons (Fsp3) is 0.200. The maximum Gasteiger partial charge on any atom is 0.422 e. The average Bonchev–Trinajstić information content (AvgIpc) is 2.96. The molecule has 108 valence electrons. The molecule has 0 aliphatic carbocycles. The molecule has 8 nitrogen and oxygen atoms in total. The first-order valence-corrected chi connectivity index (χ1v) is 7.81. The number of amides is 1. The lowest BCUT2D eigenvalue weighted by molar-refractivity contribution is 0.165. The number of aromatic nitrogens is 2. The molecule has 0 saturated heterocycles. The fourth-order valence-electron chi connectivity index (χ4n) is 1.38. The summed E-state index contributed by atoms with van der Waals surface area (Å²) < 4.78 is 33.5. The van der Waals surface area contributed by atoms with Crippen molar-refractivity contribution in [1.82, 2.24) is 18.8 Å². The van der Waals surface area contributed by atoms with Crippen LogP contribution in [-0.2, 0) is 21.5 Å². The highest BCUT2D eigenvalue weighted by atomic mass is 32.2. The van der Waals surface area contributed by atoms with E-state index in [-0.39, 0.29) is 13.2 Å². The van der Waals surface area contributed by atoms with E-state index in [1.165, 1.54) is 17.4 Å². The van der Waals surface area contributed by atoms with Crippen molar-refractivity contribution in [2.24, 2.45) is 0 Å². The lowest BCUT2D eigenvalue weighted by atomic mass is 10.5. The molecule has 2 N–H and O–H groups in total. The van der Waals surface area contributed by atoms with Gasteiger partial charge in [0, 0.05) is 11.1 Å². The van der Waals surface area contributed by atoms with Gasteiger partial charge in [0.1, 0.15) is 17.8 Å². The van der Waals surface area contributed by atoms with Crippen LogP contribution in [0.4, 0.5) is 4.79 Å². The molecule has 2 rings (SSSR count).